The first-order chi connectivity index (χ1) is 10.0. The highest BCUT2D eigenvalue weighted by atomic mass is 35.5. The first kappa shape index (κ1) is 15.8. The van der Waals surface area contributed by atoms with E-state index < -0.39 is 5.97 Å². The molecule has 1 aromatic heterocycles. The van der Waals surface area contributed by atoms with Gasteiger partial charge in [0.25, 0.3) is 5.91 Å². The molecule has 6 heteroatoms. The second-order valence-corrected chi connectivity index (χ2v) is 5.80. The van der Waals surface area contributed by atoms with E-state index in [1.165, 1.54) is 6.20 Å². The Bertz CT molecular complexity index is 535. The van der Waals surface area contributed by atoms with Gasteiger partial charge in [-0.1, -0.05) is 24.9 Å². The smallest absolute Gasteiger partial charge is 0.254 e. The van der Waals surface area contributed by atoms with Gasteiger partial charge in [0.2, 0.25) is 0 Å². The zero-order valence-electron chi connectivity index (χ0n) is 11.9. The van der Waals surface area contributed by atoms with E-state index in [9.17, 15) is 14.7 Å². The standard InChI is InChI=1S/C15H19ClN2O3/c1-2-10-9-18(6-4-11(10)8-14(19)20)15(21)12-3-5-17-13(16)7-12/h3,5,7,10-11H,2,4,6,8-9H2,1H3,(H,19,20)/p-1/t10-,11-/m0/s1. The first-order valence-corrected chi connectivity index (χ1v) is 7.49. The fourth-order valence-corrected chi connectivity index (χ4v) is 3.10. The number of piperidine rings is 1. The highest BCUT2D eigenvalue weighted by Crippen LogP contribution is 2.29. The van der Waals surface area contributed by atoms with Gasteiger partial charge in [-0.25, -0.2) is 4.98 Å². The lowest BCUT2D eigenvalue weighted by Gasteiger charge is -2.38. The fourth-order valence-electron chi connectivity index (χ4n) is 2.93. The van der Waals surface area contributed by atoms with Crippen LogP contribution in [0.3, 0.4) is 0 Å². The van der Waals surface area contributed by atoms with Gasteiger partial charge in [0.15, 0.2) is 0 Å². The summed E-state index contributed by atoms with van der Waals surface area (Å²) in [6.07, 6.45) is 3.12. The molecule has 2 atom stereocenters. The van der Waals surface area contributed by atoms with E-state index in [1.54, 1.807) is 17.0 Å². The van der Waals surface area contributed by atoms with E-state index in [1.807, 2.05) is 6.92 Å². The molecule has 1 aliphatic rings. The summed E-state index contributed by atoms with van der Waals surface area (Å²) in [7, 11) is 0. The lowest BCUT2D eigenvalue weighted by molar-refractivity contribution is -0.307. The Morgan fingerprint density at radius 1 is 1.48 bits per heavy atom. The number of likely N-dealkylation sites (tertiary alicyclic amines) is 1. The Hall–Kier alpha value is -1.62. The van der Waals surface area contributed by atoms with Crippen LogP contribution in [0.25, 0.3) is 0 Å². The zero-order valence-corrected chi connectivity index (χ0v) is 12.7. The number of pyridine rings is 1. The van der Waals surface area contributed by atoms with E-state index in [2.05, 4.69) is 4.98 Å². The molecule has 0 bridgehead atoms. The summed E-state index contributed by atoms with van der Waals surface area (Å²) in [4.78, 5) is 28.9. The van der Waals surface area contributed by atoms with Crippen molar-refractivity contribution in [3.8, 4) is 0 Å². The van der Waals surface area contributed by atoms with Crippen molar-refractivity contribution >= 4 is 23.5 Å². The maximum Gasteiger partial charge on any atom is 0.254 e. The molecule has 21 heavy (non-hydrogen) atoms. The molecule has 0 saturated carbocycles. The number of rotatable bonds is 4. The molecule has 114 valence electrons. The zero-order chi connectivity index (χ0) is 15.4. The normalized spacial score (nSPS) is 22.1. The molecule has 1 aliphatic heterocycles. The van der Waals surface area contributed by atoms with Crippen LogP contribution in [0.5, 0.6) is 0 Å². The number of hydrogen-bond donors (Lipinski definition) is 0. The van der Waals surface area contributed by atoms with Crippen LogP contribution in [0.15, 0.2) is 18.3 Å². The summed E-state index contributed by atoms with van der Waals surface area (Å²) >= 11 is 5.81. The molecule has 0 aliphatic carbocycles. The predicted octanol–water partition coefficient (Wildman–Crippen LogP) is 1.36. The molecule has 0 N–H and O–H groups in total. The predicted molar refractivity (Wildman–Crippen MR) is 76.7 cm³/mol. The third kappa shape index (κ3) is 3.94. The molecule has 0 spiro atoms. The van der Waals surface area contributed by atoms with Crippen molar-refractivity contribution in [2.75, 3.05) is 13.1 Å². The molecule has 5 nitrogen and oxygen atoms in total. The number of carboxylic acid groups (broad SMARTS) is 1. The number of amides is 1. The SMILES string of the molecule is CC[C@H]1CN(C(=O)c2ccnc(Cl)c2)CC[C@H]1CC(=O)[O-]. The van der Waals surface area contributed by atoms with Crippen molar-refractivity contribution in [2.45, 2.75) is 26.2 Å². The van der Waals surface area contributed by atoms with Crippen molar-refractivity contribution in [2.24, 2.45) is 11.8 Å². The number of nitrogens with zero attached hydrogens (tertiary/aromatic N) is 2. The van der Waals surface area contributed by atoms with E-state index in [4.69, 9.17) is 11.6 Å². The third-order valence-corrected chi connectivity index (χ3v) is 4.31. The molecule has 1 aromatic rings. The monoisotopic (exact) mass is 309 g/mol. The van der Waals surface area contributed by atoms with Crippen LogP contribution < -0.4 is 5.11 Å². The largest absolute Gasteiger partial charge is 0.550 e. The van der Waals surface area contributed by atoms with Gasteiger partial charge >= 0.3 is 0 Å². The van der Waals surface area contributed by atoms with Crippen LogP contribution in [-0.2, 0) is 4.79 Å². The molecule has 0 aromatic carbocycles. The van der Waals surface area contributed by atoms with Gasteiger partial charge in [-0.05, 0) is 36.8 Å². The van der Waals surface area contributed by atoms with E-state index >= 15 is 0 Å². The van der Waals surface area contributed by atoms with Crippen LogP contribution in [0.2, 0.25) is 5.15 Å². The topological polar surface area (TPSA) is 73.3 Å². The number of carbonyl (C=O) groups excluding carboxylic acids is 2. The second-order valence-electron chi connectivity index (χ2n) is 5.41. The highest BCUT2D eigenvalue weighted by molar-refractivity contribution is 6.29. The average Bonchev–Trinajstić information content (AvgIpc) is 2.46. The summed E-state index contributed by atoms with van der Waals surface area (Å²) < 4.78 is 0. The molecule has 1 saturated heterocycles. The van der Waals surface area contributed by atoms with Crippen LogP contribution in [0, 0.1) is 11.8 Å². The minimum Gasteiger partial charge on any atom is -0.550 e. The first-order valence-electron chi connectivity index (χ1n) is 7.12. The summed E-state index contributed by atoms with van der Waals surface area (Å²) in [6, 6.07) is 3.19. The number of carboxylic acids is 1. The molecule has 2 rings (SSSR count). The Balaban J connectivity index is 2.06. The number of aliphatic carboxylic acids is 1. The minimum absolute atomic E-state index is 0.0711. The summed E-state index contributed by atoms with van der Waals surface area (Å²) in [5.41, 5.74) is 0.517. The number of hydrogen-bond acceptors (Lipinski definition) is 4. The van der Waals surface area contributed by atoms with Gasteiger partial charge in [-0.2, -0.15) is 0 Å². The molecular weight excluding hydrogens is 292 g/mol. The van der Waals surface area contributed by atoms with E-state index in [-0.39, 0.29) is 24.2 Å². The number of carbonyl (C=O) groups is 2. The summed E-state index contributed by atoms with van der Waals surface area (Å²) in [6.45, 7) is 3.16. The second kappa shape index (κ2) is 6.89. The van der Waals surface area contributed by atoms with E-state index in [0.717, 1.165) is 6.42 Å². The Morgan fingerprint density at radius 3 is 2.86 bits per heavy atom. The average molecular weight is 310 g/mol. The molecule has 1 amide bonds. The summed E-state index contributed by atoms with van der Waals surface area (Å²) in [5, 5.41) is 11.1. The van der Waals surface area contributed by atoms with Crippen LogP contribution in [-0.4, -0.2) is 34.8 Å². The van der Waals surface area contributed by atoms with Crippen molar-refractivity contribution in [3.05, 3.63) is 29.0 Å². The van der Waals surface area contributed by atoms with Gasteiger partial charge < -0.3 is 14.8 Å². The van der Waals surface area contributed by atoms with Gasteiger partial charge in [0.05, 0.1) is 0 Å². The Kier molecular flexibility index (Phi) is 5.17. The lowest BCUT2D eigenvalue weighted by Crippen LogP contribution is -2.45. The Labute approximate surface area is 128 Å². The van der Waals surface area contributed by atoms with Gasteiger partial charge in [-0.15, -0.1) is 0 Å². The molecule has 2 heterocycles. The van der Waals surface area contributed by atoms with Crippen molar-refractivity contribution in [1.82, 2.24) is 9.88 Å². The fraction of sp³-hybridized carbons (Fsp3) is 0.533. The molecule has 1 fully saturated rings. The van der Waals surface area contributed by atoms with Crippen molar-refractivity contribution in [3.63, 3.8) is 0 Å². The van der Waals surface area contributed by atoms with Crippen LogP contribution in [0.4, 0.5) is 0 Å². The number of aromatic nitrogens is 1. The van der Waals surface area contributed by atoms with Crippen LogP contribution >= 0.6 is 11.6 Å². The van der Waals surface area contributed by atoms with Gasteiger partial charge in [0.1, 0.15) is 5.15 Å². The molecule has 0 radical (unpaired) electrons. The minimum atomic E-state index is -1.01. The molecule has 0 unspecified atom stereocenters. The van der Waals surface area contributed by atoms with Crippen LogP contribution in [0.1, 0.15) is 36.5 Å². The third-order valence-electron chi connectivity index (χ3n) is 4.11. The highest BCUT2D eigenvalue weighted by Gasteiger charge is 2.30. The van der Waals surface area contributed by atoms with E-state index in [0.29, 0.717) is 30.2 Å². The maximum atomic E-state index is 12.5. The Morgan fingerprint density at radius 2 is 2.24 bits per heavy atom. The molecular formula is C15H18ClN2O3-. The van der Waals surface area contributed by atoms with Gasteiger partial charge in [0, 0.05) is 30.8 Å². The summed E-state index contributed by atoms with van der Waals surface area (Å²) in [5.74, 6) is -0.813. The van der Waals surface area contributed by atoms with Crippen molar-refractivity contribution < 1.29 is 14.7 Å². The van der Waals surface area contributed by atoms with Crippen molar-refractivity contribution in [1.29, 1.82) is 0 Å². The quantitative estimate of drug-likeness (QED) is 0.787. The maximum absolute atomic E-state index is 12.5. The van der Waals surface area contributed by atoms with Gasteiger partial charge in [-0.3, -0.25) is 4.79 Å². The number of halogens is 1. The lowest BCUT2D eigenvalue weighted by atomic mass is 9.81.